The van der Waals surface area contributed by atoms with Gasteiger partial charge in [-0.15, -0.1) is 11.3 Å². The van der Waals surface area contributed by atoms with Gasteiger partial charge in [0, 0.05) is 30.6 Å². The fourth-order valence-electron chi connectivity index (χ4n) is 2.84. The van der Waals surface area contributed by atoms with E-state index >= 15 is 0 Å². The number of ketones is 1. The molecule has 2 rings (SSSR count). The van der Waals surface area contributed by atoms with Crippen LogP contribution in [0.3, 0.4) is 0 Å². The van der Waals surface area contributed by atoms with Gasteiger partial charge >= 0.3 is 11.9 Å². The van der Waals surface area contributed by atoms with E-state index in [-0.39, 0.29) is 18.6 Å². The van der Waals surface area contributed by atoms with Crippen LogP contribution >= 0.6 is 27.3 Å². The first-order valence-electron chi connectivity index (χ1n) is 9.57. The van der Waals surface area contributed by atoms with Crippen LogP contribution in [0.2, 0.25) is 0 Å². The Morgan fingerprint density at radius 3 is 2.77 bits per heavy atom. The number of aryl methyl sites for hydroxylation is 1. The Labute approximate surface area is 188 Å². The third-order valence-electron chi connectivity index (χ3n) is 4.09. The first-order chi connectivity index (χ1) is 14.2. The molecular weight excluding hydrogens is 470 g/mol. The minimum Gasteiger partial charge on any atom is -0.462 e. The first kappa shape index (κ1) is 24.0. The molecule has 2 atom stereocenters. The van der Waals surface area contributed by atoms with E-state index in [0.29, 0.717) is 19.3 Å². The smallest absolute Gasteiger partial charge is 0.385 e. The molecule has 2 heterocycles. The van der Waals surface area contributed by atoms with E-state index < -0.39 is 24.1 Å². The van der Waals surface area contributed by atoms with Gasteiger partial charge in [0.15, 0.2) is 0 Å². The van der Waals surface area contributed by atoms with Crippen LogP contribution in [0, 0.1) is 11.8 Å². The van der Waals surface area contributed by atoms with Crippen LogP contribution < -0.4 is 0 Å². The number of fused-ring (bicyclic) bond motifs is 2. The number of ether oxygens (including phenoxy) is 2. The number of hydrogen-bond donors (Lipinski definition) is 0. The molecule has 0 amide bonds. The van der Waals surface area contributed by atoms with Crippen molar-refractivity contribution in [1.29, 1.82) is 0 Å². The molecule has 1 aromatic rings. The summed E-state index contributed by atoms with van der Waals surface area (Å²) >= 11 is 4.81. The minimum absolute atomic E-state index is 0.178. The molecule has 0 spiro atoms. The zero-order chi connectivity index (χ0) is 22.1. The summed E-state index contributed by atoms with van der Waals surface area (Å²) < 4.78 is 11.6. The van der Waals surface area contributed by atoms with E-state index in [9.17, 15) is 14.4 Å². The number of carbonyl (C=O) groups is 3. The number of hydrogen-bond acceptors (Lipinski definition) is 7. The number of esters is 2. The Kier molecular flexibility index (Phi) is 9.47. The van der Waals surface area contributed by atoms with Gasteiger partial charge in [0.1, 0.15) is 24.4 Å². The molecule has 0 radical (unpaired) electrons. The lowest BCUT2D eigenvalue weighted by atomic mass is 10.1. The van der Waals surface area contributed by atoms with Crippen molar-refractivity contribution in [2.45, 2.75) is 65.1 Å². The summed E-state index contributed by atoms with van der Waals surface area (Å²) in [6, 6.07) is 0. The molecule has 0 unspecified atom stereocenters. The Balaban J connectivity index is 2.23. The number of carbonyl (C=O) groups excluding carboxylic acids is 3. The summed E-state index contributed by atoms with van der Waals surface area (Å²) in [6.45, 7) is 5.43. The fourth-order valence-corrected chi connectivity index (χ4v) is 4.01. The molecule has 8 heteroatoms. The van der Waals surface area contributed by atoms with Crippen LogP contribution in [-0.2, 0) is 36.7 Å². The van der Waals surface area contributed by atoms with Gasteiger partial charge in [0.05, 0.1) is 10.7 Å². The Morgan fingerprint density at radius 2 is 2.03 bits per heavy atom. The highest BCUT2D eigenvalue weighted by Crippen LogP contribution is 2.18. The predicted molar refractivity (Wildman–Crippen MR) is 118 cm³/mol. The van der Waals surface area contributed by atoms with Crippen LogP contribution in [0.1, 0.15) is 50.7 Å². The number of rotatable bonds is 1. The maximum absolute atomic E-state index is 12.1. The number of thiazole rings is 1. The van der Waals surface area contributed by atoms with Gasteiger partial charge < -0.3 is 9.47 Å². The Morgan fingerprint density at radius 1 is 1.27 bits per heavy atom. The molecule has 6 nitrogen and oxygen atoms in total. The molecule has 1 aliphatic rings. The van der Waals surface area contributed by atoms with E-state index in [0.717, 1.165) is 20.8 Å². The normalized spacial score (nSPS) is 22.5. The molecule has 0 aromatic carbocycles. The standard InChI is InChI=1S/C22H24BrNO5S/c1-14-5-4-6-21(26)29-19(10-15(2)23)12-20-24-17(13-30-20)7-8-18(25)11-22(27)28-16(3)9-14/h5,10,13,16,19H,7-9,11-12H2,1-3H3/t16-,19+/m0/s1. The minimum atomic E-state index is -0.631. The van der Waals surface area contributed by atoms with Crippen LogP contribution in [0.5, 0.6) is 0 Å². The number of halogens is 1. The first-order valence-corrected chi connectivity index (χ1v) is 11.2. The van der Waals surface area contributed by atoms with E-state index in [1.54, 1.807) is 19.1 Å². The molecule has 0 N–H and O–H groups in total. The second-order valence-corrected chi connectivity index (χ2v) is 9.31. The van der Waals surface area contributed by atoms with Crippen molar-refractivity contribution in [2.75, 3.05) is 0 Å². The molecule has 2 bridgehead atoms. The Hall–Kier alpha value is -2.24. The van der Waals surface area contributed by atoms with Crippen LogP contribution in [0.4, 0.5) is 0 Å². The van der Waals surface area contributed by atoms with E-state index in [1.165, 1.54) is 11.3 Å². The predicted octanol–water partition coefficient (Wildman–Crippen LogP) is 4.07. The lowest BCUT2D eigenvalue weighted by Gasteiger charge is -2.13. The van der Waals surface area contributed by atoms with Crippen molar-refractivity contribution in [2.24, 2.45) is 0 Å². The van der Waals surface area contributed by atoms with Crippen molar-refractivity contribution in [3.8, 4) is 11.8 Å². The van der Waals surface area contributed by atoms with E-state index in [1.807, 2.05) is 19.2 Å². The zero-order valence-electron chi connectivity index (χ0n) is 17.2. The second-order valence-electron chi connectivity index (χ2n) is 7.11. The third kappa shape index (κ3) is 9.06. The van der Waals surface area contributed by atoms with Gasteiger partial charge in [0.2, 0.25) is 0 Å². The number of Topliss-reactive ketones (excluding diaryl/α,β-unsaturated/α-hetero) is 1. The molecule has 1 aliphatic heterocycles. The van der Waals surface area contributed by atoms with Gasteiger partial charge in [-0.3, -0.25) is 9.59 Å². The SMILES string of the molecule is CC(Br)=C[C@@H]1Cc2nc(cs2)CCC(=O)CC(=O)O[C@@H](C)CC(C)=CC#CC(=O)O1. The Bertz CT molecular complexity index is 917. The molecule has 0 saturated heterocycles. The maximum atomic E-state index is 12.1. The molecule has 0 fully saturated rings. The second kappa shape index (κ2) is 11.8. The van der Waals surface area contributed by atoms with Gasteiger partial charge in [0.25, 0.3) is 0 Å². The largest absolute Gasteiger partial charge is 0.462 e. The van der Waals surface area contributed by atoms with Crippen molar-refractivity contribution < 1.29 is 23.9 Å². The third-order valence-corrected chi connectivity index (χ3v) is 5.27. The van der Waals surface area contributed by atoms with Crippen molar-refractivity contribution in [3.63, 3.8) is 0 Å². The highest BCUT2D eigenvalue weighted by atomic mass is 79.9. The summed E-state index contributed by atoms with van der Waals surface area (Å²) in [5.74, 6) is 3.80. The van der Waals surface area contributed by atoms with Crippen LogP contribution in [-0.4, -0.2) is 34.9 Å². The van der Waals surface area contributed by atoms with E-state index in [2.05, 4.69) is 32.8 Å². The molecule has 1 aromatic heterocycles. The summed E-state index contributed by atoms with van der Waals surface area (Å²) in [5, 5.41) is 2.66. The number of aromatic nitrogens is 1. The summed E-state index contributed by atoms with van der Waals surface area (Å²) in [4.78, 5) is 40.7. The maximum Gasteiger partial charge on any atom is 0.385 e. The summed E-state index contributed by atoms with van der Waals surface area (Å²) in [7, 11) is 0. The summed E-state index contributed by atoms with van der Waals surface area (Å²) in [6.07, 6.45) is 3.77. The van der Waals surface area contributed by atoms with Gasteiger partial charge in [-0.2, -0.15) is 0 Å². The molecule has 0 aliphatic carbocycles. The summed E-state index contributed by atoms with van der Waals surface area (Å²) in [5.41, 5.74) is 1.62. The number of allylic oxidation sites excluding steroid dienone is 2. The highest BCUT2D eigenvalue weighted by Gasteiger charge is 2.17. The molecule has 0 saturated carbocycles. The van der Waals surface area contributed by atoms with Crippen molar-refractivity contribution >= 4 is 45.0 Å². The molecule has 30 heavy (non-hydrogen) atoms. The van der Waals surface area contributed by atoms with Crippen molar-refractivity contribution in [3.05, 3.63) is 38.3 Å². The molecular formula is C22H24BrNO5S. The topological polar surface area (TPSA) is 82.6 Å². The van der Waals surface area contributed by atoms with Gasteiger partial charge in [-0.1, -0.05) is 27.4 Å². The monoisotopic (exact) mass is 493 g/mol. The number of cyclic esters (lactones) is 2. The van der Waals surface area contributed by atoms with Gasteiger partial charge in [-0.05, 0) is 43.8 Å². The fraction of sp³-hybridized carbons (Fsp3) is 0.455. The van der Waals surface area contributed by atoms with Crippen molar-refractivity contribution in [1.82, 2.24) is 4.98 Å². The van der Waals surface area contributed by atoms with Gasteiger partial charge in [-0.25, -0.2) is 9.78 Å². The average molecular weight is 494 g/mol. The van der Waals surface area contributed by atoms with E-state index in [4.69, 9.17) is 9.47 Å². The lowest BCUT2D eigenvalue weighted by molar-refractivity contribution is -0.150. The zero-order valence-corrected chi connectivity index (χ0v) is 19.6. The average Bonchev–Trinajstić information content (AvgIpc) is 3.05. The quantitative estimate of drug-likeness (QED) is 0.253. The number of nitrogens with zero attached hydrogens (tertiary/aromatic N) is 1. The lowest BCUT2D eigenvalue weighted by Crippen LogP contribution is -2.18. The van der Waals surface area contributed by atoms with Crippen LogP contribution in [0.25, 0.3) is 0 Å². The highest BCUT2D eigenvalue weighted by molar-refractivity contribution is 9.11. The van der Waals surface area contributed by atoms with Crippen LogP contribution in [0.15, 0.2) is 27.6 Å². The molecule has 160 valence electrons.